The van der Waals surface area contributed by atoms with Crippen LogP contribution in [0.4, 0.5) is 0 Å². The minimum atomic E-state index is -3.32. The first-order valence-corrected chi connectivity index (χ1v) is 7.01. The summed E-state index contributed by atoms with van der Waals surface area (Å²) in [6.45, 7) is 1.61. The quantitative estimate of drug-likeness (QED) is 0.813. The molecule has 0 aromatic heterocycles. The summed E-state index contributed by atoms with van der Waals surface area (Å²) in [7, 11) is -3.32. The van der Waals surface area contributed by atoms with Crippen LogP contribution in [0.25, 0.3) is 0 Å². The highest BCUT2D eigenvalue weighted by Gasteiger charge is 2.44. The fourth-order valence-electron chi connectivity index (χ4n) is 2.19. The molecule has 17 heavy (non-hydrogen) atoms. The van der Waals surface area contributed by atoms with E-state index in [2.05, 4.69) is 0 Å². The highest BCUT2D eigenvalue weighted by molar-refractivity contribution is 7.91. The van der Waals surface area contributed by atoms with E-state index < -0.39 is 21.4 Å². The van der Waals surface area contributed by atoms with Crippen molar-refractivity contribution in [2.24, 2.45) is 5.92 Å². The summed E-state index contributed by atoms with van der Waals surface area (Å²) in [6, 6.07) is 8.37. The maximum absolute atomic E-state index is 11.9. The van der Waals surface area contributed by atoms with Crippen molar-refractivity contribution < 1.29 is 13.5 Å². The van der Waals surface area contributed by atoms with Crippen molar-refractivity contribution in [3.63, 3.8) is 0 Å². The molecule has 4 nitrogen and oxygen atoms in total. The number of sulfone groups is 1. The van der Waals surface area contributed by atoms with Gasteiger partial charge in [-0.2, -0.15) is 5.26 Å². The zero-order valence-electron chi connectivity index (χ0n) is 9.42. The molecule has 0 saturated heterocycles. The number of fused-ring (bicyclic) bond motifs is 1. The molecule has 0 saturated carbocycles. The Bertz CT molecular complexity index is 588. The van der Waals surface area contributed by atoms with Crippen molar-refractivity contribution in [2.45, 2.75) is 23.8 Å². The van der Waals surface area contributed by atoms with Crippen molar-refractivity contribution in [3.8, 4) is 6.07 Å². The smallest absolute Gasteiger partial charge is 0.178 e. The molecule has 1 aromatic rings. The van der Waals surface area contributed by atoms with Crippen LogP contribution < -0.4 is 0 Å². The van der Waals surface area contributed by atoms with Crippen LogP contribution in [0.2, 0.25) is 0 Å². The summed E-state index contributed by atoms with van der Waals surface area (Å²) in [5.41, 5.74) is -1.02. The first kappa shape index (κ1) is 12.1. The first-order chi connectivity index (χ1) is 7.92. The van der Waals surface area contributed by atoms with E-state index in [1.807, 2.05) is 6.07 Å². The second-order valence-electron chi connectivity index (χ2n) is 4.34. The zero-order valence-corrected chi connectivity index (χ0v) is 10.2. The summed E-state index contributed by atoms with van der Waals surface area (Å²) < 4.78 is 23.8. The van der Waals surface area contributed by atoms with Gasteiger partial charge in [-0.25, -0.2) is 8.42 Å². The minimum absolute atomic E-state index is 0.0705. The highest BCUT2D eigenvalue weighted by atomic mass is 32.2. The molecule has 0 bridgehead atoms. The SMILES string of the molecule is CC(C#N)C1(O)CCS(=O)(=O)c2ccccc21. The van der Waals surface area contributed by atoms with Crippen molar-refractivity contribution >= 4 is 9.84 Å². The van der Waals surface area contributed by atoms with E-state index in [4.69, 9.17) is 5.26 Å². The Morgan fingerprint density at radius 2 is 2.12 bits per heavy atom. The molecule has 0 fully saturated rings. The van der Waals surface area contributed by atoms with Gasteiger partial charge in [0.25, 0.3) is 0 Å². The zero-order chi connectivity index (χ0) is 12.7. The third-order valence-corrected chi connectivity index (χ3v) is 5.12. The van der Waals surface area contributed by atoms with E-state index in [1.54, 1.807) is 25.1 Å². The van der Waals surface area contributed by atoms with Gasteiger partial charge in [0.1, 0.15) is 5.60 Å². The molecule has 5 heteroatoms. The van der Waals surface area contributed by atoms with Crippen LogP contribution in [0, 0.1) is 17.2 Å². The van der Waals surface area contributed by atoms with E-state index in [1.165, 1.54) is 6.07 Å². The molecular formula is C12H13NO3S. The number of nitrogens with zero attached hydrogens (tertiary/aromatic N) is 1. The molecular weight excluding hydrogens is 238 g/mol. The lowest BCUT2D eigenvalue weighted by atomic mass is 9.80. The standard InChI is InChI=1S/C12H13NO3S/c1-9(8-13)12(14)6-7-17(15,16)11-5-3-2-4-10(11)12/h2-5,9,14H,6-7H2,1H3. The Balaban J connectivity index is 2.69. The number of hydrogen-bond acceptors (Lipinski definition) is 4. The van der Waals surface area contributed by atoms with Crippen molar-refractivity contribution in [2.75, 3.05) is 5.75 Å². The molecule has 0 radical (unpaired) electrons. The summed E-state index contributed by atoms with van der Waals surface area (Å²) in [4.78, 5) is 0.149. The van der Waals surface area contributed by atoms with E-state index in [9.17, 15) is 13.5 Å². The maximum atomic E-state index is 11.9. The summed E-state index contributed by atoms with van der Waals surface area (Å²) in [6.07, 6.45) is 0.0705. The number of benzene rings is 1. The molecule has 1 N–H and O–H groups in total. The van der Waals surface area contributed by atoms with Crippen LogP contribution in [-0.4, -0.2) is 19.3 Å². The van der Waals surface area contributed by atoms with Gasteiger partial charge in [-0.15, -0.1) is 0 Å². The van der Waals surface area contributed by atoms with E-state index in [-0.39, 0.29) is 17.1 Å². The summed E-state index contributed by atoms with van der Waals surface area (Å²) in [5, 5.41) is 19.5. The normalized spacial score (nSPS) is 27.8. The molecule has 0 amide bonds. The number of rotatable bonds is 1. The largest absolute Gasteiger partial charge is 0.384 e. The number of hydrogen-bond donors (Lipinski definition) is 1. The first-order valence-electron chi connectivity index (χ1n) is 5.36. The molecule has 2 unspecified atom stereocenters. The second kappa shape index (κ2) is 3.83. The van der Waals surface area contributed by atoms with Gasteiger partial charge in [0.15, 0.2) is 9.84 Å². The fourth-order valence-corrected chi connectivity index (χ4v) is 3.85. The Labute approximate surface area is 100 Å². The van der Waals surface area contributed by atoms with Crippen molar-refractivity contribution in [1.82, 2.24) is 0 Å². The van der Waals surface area contributed by atoms with Gasteiger partial charge < -0.3 is 5.11 Å². The number of aliphatic hydroxyl groups is 1. The molecule has 1 aliphatic rings. The molecule has 1 aliphatic heterocycles. The van der Waals surface area contributed by atoms with Crippen LogP contribution in [0.3, 0.4) is 0 Å². The molecule has 2 rings (SSSR count). The van der Waals surface area contributed by atoms with Crippen LogP contribution in [-0.2, 0) is 15.4 Å². The van der Waals surface area contributed by atoms with Crippen molar-refractivity contribution in [3.05, 3.63) is 29.8 Å². The van der Waals surface area contributed by atoms with Gasteiger partial charge in [0, 0.05) is 5.56 Å². The van der Waals surface area contributed by atoms with Crippen LogP contribution >= 0.6 is 0 Å². The summed E-state index contributed by atoms with van der Waals surface area (Å²) >= 11 is 0. The molecule has 90 valence electrons. The van der Waals surface area contributed by atoms with E-state index >= 15 is 0 Å². The highest BCUT2D eigenvalue weighted by Crippen LogP contribution is 2.41. The lowest BCUT2D eigenvalue weighted by molar-refractivity contribution is -0.00454. The number of nitriles is 1. The maximum Gasteiger partial charge on any atom is 0.178 e. The van der Waals surface area contributed by atoms with E-state index in [0.29, 0.717) is 5.56 Å². The molecule has 0 spiro atoms. The lowest BCUT2D eigenvalue weighted by Gasteiger charge is -2.35. The molecule has 1 heterocycles. The Morgan fingerprint density at radius 3 is 2.76 bits per heavy atom. The van der Waals surface area contributed by atoms with Gasteiger partial charge in [-0.1, -0.05) is 18.2 Å². The average Bonchev–Trinajstić information content (AvgIpc) is 2.34. The molecule has 0 aliphatic carbocycles. The predicted molar refractivity (Wildman–Crippen MR) is 61.8 cm³/mol. The van der Waals surface area contributed by atoms with Gasteiger partial charge >= 0.3 is 0 Å². The van der Waals surface area contributed by atoms with Gasteiger partial charge in [-0.3, -0.25) is 0 Å². The topological polar surface area (TPSA) is 78.2 Å². The Hall–Kier alpha value is -1.38. The van der Waals surface area contributed by atoms with Crippen LogP contribution in [0.5, 0.6) is 0 Å². The monoisotopic (exact) mass is 251 g/mol. The van der Waals surface area contributed by atoms with E-state index in [0.717, 1.165) is 0 Å². The molecule has 2 atom stereocenters. The third kappa shape index (κ3) is 1.74. The predicted octanol–water partition coefficient (Wildman–Crippen LogP) is 1.21. The lowest BCUT2D eigenvalue weighted by Crippen LogP contribution is -2.40. The Kier molecular flexibility index (Phi) is 2.72. The Morgan fingerprint density at radius 1 is 1.47 bits per heavy atom. The van der Waals surface area contributed by atoms with Gasteiger partial charge in [-0.05, 0) is 19.4 Å². The van der Waals surface area contributed by atoms with Crippen molar-refractivity contribution in [1.29, 1.82) is 5.26 Å². The summed E-state index contributed by atoms with van der Waals surface area (Å²) in [5.74, 6) is -0.758. The third-order valence-electron chi connectivity index (χ3n) is 3.35. The fraction of sp³-hybridized carbons (Fsp3) is 0.417. The van der Waals surface area contributed by atoms with Crippen LogP contribution in [0.1, 0.15) is 18.9 Å². The molecule has 1 aromatic carbocycles. The second-order valence-corrected chi connectivity index (χ2v) is 6.42. The average molecular weight is 251 g/mol. The van der Waals surface area contributed by atoms with Gasteiger partial charge in [0.2, 0.25) is 0 Å². The minimum Gasteiger partial charge on any atom is -0.384 e. The van der Waals surface area contributed by atoms with Gasteiger partial charge in [0.05, 0.1) is 22.6 Å². The van der Waals surface area contributed by atoms with Crippen LogP contribution in [0.15, 0.2) is 29.2 Å².